The molecule has 0 aromatic carbocycles. The minimum absolute atomic E-state index is 0.172. The third-order valence-corrected chi connectivity index (χ3v) is 7.57. The second-order valence-corrected chi connectivity index (χ2v) is 10.5. The van der Waals surface area contributed by atoms with Crippen molar-refractivity contribution in [2.45, 2.75) is 64.5 Å². The number of aliphatic carboxylic acids is 1. The number of carbonyl (C=O) groups is 1. The summed E-state index contributed by atoms with van der Waals surface area (Å²) >= 11 is 0. The summed E-state index contributed by atoms with van der Waals surface area (Å²) < 4.78 is 27.0. The summed E-state index contributed by atoms with van der Waals surface area (Å²) in [4.78, 5) is 31.0. The van der Waals surface area contributed by atoms with Gasteiger partial charge in [0, 0.05) is 30.4 Å². The molecule has 38 heavy (non-hydrogen) atoms. The molecule has 0 bridgehead atoms. The Bertz CT molecular complexity index is 1260. The monoisotopic (exact) mass is 525 g/mol. The second-order valence-electron chi connectivity index (χ2n) is 10.5. The number of anilines is 3. The zero-order valence-electron chi connectivity index (χ0n) is 21.4. The van der Waals surface area contributed by atoms with E-state index in [-0.39, 0.29) is 17.7 Å². The highest BCUT2D eigenvalue weighted by Gasteiger charge is 2.25. The molecule has 2 fully saturated rings. The number of nitrogens with one attached hydrogen (secondary N) is 2. The largest absolute Gasteiger partial charge is 0.481 e. The van der Waals surface area contributed by atoms with Crippen LogP contribution in [0.5, 0.6) is 0 Å². The Kier molecular flexibility index (Phi) is 7.92. The number of carboxylic acids is 1. The van der Waals surface area contributed by atoms with Crippen molar-refractivity contribution in [3.63, 3.8) is 0 Å². The number of hydrogen-bond acceptors (Lipinski definition) is 8. The maximum Gasteiger partial charge on any atom is 0.306 e. The number of fused-ring (bicyclic) bond motifs is 1. The number of pyridine rings is 2. The molecule has 0 radical (unpaired) electrons. The Hall–Kier alpha value is -3.47. The maximum absolute atomic E-state index is 13.5. The number of likely N-dealkylation sites (tertiary alicyclic amines) is 1. The third kappa shape index (κ3) is 6.32. The summed E-state index contributed by atoms with van der Waals surface area (Å²) in [6.07, 6.45) is 6.05. The molecular formula is C27H33F2N7O2. The van der Waals surface area contributed by atoms with Crippen molar-refractivity contribution in [1.29, 1.82) is 0 Å². The number of rotatable bonds is 8. The van der Waals surface area contributed by atoms with Gasteiger partial charge in [-0.25, -0.2) is 28.7 Å². The van der Waals surface area contributed by atoms with E-state index in [2.05, 4.69) is 42.4 Å². The van der Waals surface area contributed by atoms with E-state index in [1.54, 1.807) is 6.20 Å². The van der Waals surface area contributed by atoms with E-state index in [1.165, 1.54) is 12.3 Å². The molecule has 4 heterocycles. The topological polar surface area (TPSA) is 116 Å². The summed E-state index contributed by atoms with van der Waals surface area (Å²) in [5.41, 5.74) is 1.23. The van der Waals surface area contributed by atoms with Crippen LogP contribution in [0.3, 0.4) is 0 Å². The Labute approximate surface area is 220 Å². The van der Waals surface area contributed by atoms with Gasteiger partial charge in [0.05, 0.1) is 5.92 Å². The van der Waals surface area contributed by atoms with Crippen molar-refractivity contribution < 1.29 is 18.7 Å². The quantitative estimate of drug-likeness (QED) is 0.356. The Morgan fingerprint density at radius 2 is 1.84 bits per heavy atom. The van der Waals surface area contributed by atoms with Crippen LogP contribution in [0.2, 0.25) is 0 Å². The average molecular weight is 526 g/mol. The van der Waals surface area contributed by atoms with Gasteiger partial charge in [0.25, 0.3) is 6.43 Å². The molecular weight excluding hydrogens is 492 g/mol. The SMILES string of the molecule is CC1CCC(Nc2nc(C(F)F)cc3cnc(Nc4ccc(CN5CCC(C(=O)O)CC5)cn4)nc23)CC1. The van der Waals surface area contributed by atoms with Crippen molar-refractivity contribution >= 4 is 34.5 Å². The van der Waals surface area contributed by atoms with Crippen molar-refractivity contribution in [2.24, 2.45) is 11.8 Å². The second kappa shape index (κ2) is 11.5. The van der Waals surface area contributed by atoms with Gasteiger partial charge >= 0.3 is 5.97 Å². The zero-order valence-corrected chi connectivity index (χ0v) is 21.4. The molecule has 11 heteroatoms. The molecule has 0 atom stereocenters. The summed E-state index contributed by atoms with van der Waals surface area (Å²) in [6, 6.07) is 5.32. The van der Waals surface area contributed by atoms with Crippen LogP contribution in [0, 0.1) is 11.8 Å². The van der Waals surface area contributed by atoms with E-state index in [0.29, 0.717) is 53.8 Å². The van der Waals surface area contributed by atoms with Crippen LogP contribution in [-0.4, -0.2) is 55.0 Å². The van der Waals surface area contributed by atoms with Crippen LogP contribution in [0.25, 0.3) is 10.9 Å². The fourth-order valence-electron chi connectivity index (χ4n) is 5.23. The van der Waals surface area contributed by atoms with Crippen LogP contribution in [0.15, 0.2) is 30.6 Å². The fourth-order valence-corrected chi connectivity index (χ4v) is 5.23. The molecule has 1 aliphatic heterocycles. The zero-order chi connectivity index (χ0) is 26.6. The molecule has 0 unspecified atom stereocenters. The standard InChI is InChI=1S/C27H33F2N7O2/c1-16-2-5-20(6-3-16)32-25-23-19(12-21(33-25)24(28)29)14-31-27(35-23)34-22-7-4-17(13-30-22)15-36-10-8-18(9-11-36)26(37)38/h4,7,12-14,16,18,20,24H,2-3,5-6,8-11,15H2,1H3,(H,32,33)(H,37,38)(H,30,31,34,35). The molecule has 0 spiro atoms. The lowest BCUT2D eigenvalue weighted by atomic mass is 9.87. The Balaban J connectivity index is 1.28. The number of carboxylic acid groups (broad SMARTS) is 1. The van der Waals surface area contributed by atoms with Gasteiger partial charge in [-0.1, -0.05) is 13.0 Å². The summed E-state index contributed by atoms with van der Waals surface area (Å²) in [7, 11) is 0. The molecule has 0 amide bonds. The molecule has 5 rings (SSSR count). The first-order valence-corrected chi connectivity index (χ1v) is 13.2. The van der Waals surface area contributed by atoms with Gasteiger partial charge in [-0.15, -0.1) is 0 Å². The molecule has 1 saturated carbocycles. The smallest absolute Gasteiger partial charge is 0.306 e. The molecule has 3 N–H and O–H groups in total. The van der Waals surface area contributed by atoms with E-state index in [1.807, 2.05) is 12.1 Å². The van der Waals surface area contributed by atoms with Gasteiger partial charge in [0.2, 0.25) is 5.95 Å². The molecule has 202 valence electrons. The molecule has 3 aromatic heterocycles. The van der Waals surface area contributed by atoms with Crippen LogP contribution in [0.4, 0.5) is 26.4 Å². The van der Waals surface area contributed by atoms with Crippen molar-refractivity contribution in [3.05, 3.63) is 41.9 Å². The predicted octanol–water partition coefficient (Wildman–Crippen LogP) is 5.39. The van der Waals surface area contributed by atoms with E-state index in [9.17, 15) is 18.7 Å². The van der Waals surface area contributed by atoms with Crippen LogP contribution < -0.4 is 10.6 Å². The van der Waals surface area contributed by atoms with Gasteiger partial charge in [0.15, 0.2) is 5.82 Å². The number of halogens is 2. The summed E-state index contributed by atoms with van der Waals surface area (Å²) in [6.45, 7) is 4.44. The molecule has 1 aliphatic carbocycles. The highest BCUT2D eigenvalue weighted by Crippen LogP contribution is 2.31. The van der Waals surface area contributed by atoms with Gasteiger partial charge in [-0.3, -0.25) is 9.69 Å². The first kappa shape index (κ1) is 26.1. The lowest BCUT2D eigenvalue weighted by molar-refractivity contribution is -0.143. The molecule has 1 saturated heterocycles. The average Bonchev–Trinajstić information content (AvgIpc) is 2.91. The molecule has 3 aromatic rings. The summed E-state index contributed by atoms with van der Waals surface area (Å²) in [5, 5.41) is 16.1. The number of piperidine rings is 1. The normalized spacial score (nSPS) is 21.1. The van der Waals surface area contributed by atoms with Crippen LogP contribution in [-0.2, 0) is 11.3 Å². The summed E-state index contributed by atoms with van der Waals surface area (Å²) in [5.74, 6) is 0.932. The number of aromatic nitrogens is 4. The highest BCUT2D eigenvalue weighted by molar-refractivity contribution is 5.89. The lowest BCUT2D eigenvalue weighted by Crippen LogP contribution is -2.35. The lowest BCUT2D eigenvalue weighted by Gasteiger charge is -2.29. The van der Waals surface area contributed by atoms with Gasteiger partial charge in [0.1, 0.15) is 17.0 Å². The Morgan fingerprint density at radius 1 is 1.08 bits per heavy atom. The highest BCUT2D eigenvalue weighted by atomic mass is 19.3. The van der Waals surface area contributed by atoms with Gasteiger partial charge < -0.3 is 15.7 Å². The van der Waals surface area contributed by atoms with Crippen molar-refractivity contribution in [1.82, 2.24) is 24.8 Å². The first-order chi connectivity index (χ1) is 18.3. The van der Waals surface area contributed by atoms with Crippen molar-refractivity contribution in [2.75, 3.05) is 23.7 Å². The van der Waals surface area contributed by atoms with E-state index >= 15 is 0 Å². The van der Waals surface area contributed by atoms with E-state index in [0.717, 1.165) is 44.3 Å². The van der Waals surface area contributed by atoms with E-state index < -0.39 is 12.4 Å². The number of alkyl halides is 2. The Morgan fingerprint density at radius 3 is 2.50 bits per heavy atom. The van der Waals surface area contributed by atoms with Gasteiger partial charge in [-0.05, 0) is 75.2 Å². The number of hydrogen-bond donors (Lipinski definition) is 3. The molecule has 9 nitrogen and oxygen atoms in total. The third-order valence-electron chi connectivity index (χ3n) is 7.57. The van der Waals surface area contributed by atoms with Crippen molar-refractivity contribution in [3.8, 4) is 0 Å². The first-order valence-electron chi connectivity index (χ1n) is 13.2. The van der Waals surface area contributed by atoms with Crippen LogP contribution in [0.1, 0.15) is 63.1 Å². The minimum Gasteiger partial charge on any atom is -0.481 e. The number of nitrogens with zero attached hydrogens (tertiary/aromatic N) is 5. The van der Waals surface area contributed by atoms with E-state index in [4.69, 9.17) is 0 Å². The minimum atomic E-state index is -2.68. The maximum atomic E-state index is 13.5. The fraction of sp³-hybridized carbons (Fsp3) is 0.519. The molecule has 2 aliphatic rings. The van der Waals surface area contributed by atoms with Gasteiger partial charge in [-0.2, -0.15) is 0 Å². The predicted molar refractivity (Wildman–Crippen MR) is 140 cm³/mol. The van der Waals surface area contributed by atoms with Crippen LogP contribution >= 0.6 is 0 Å².